The third-order valence-electron chi connectivity index (χ3n) is 5.86. The number of carbonyl (C=O) groups excluding carboxylic acids is 3. The fourth-order valence-electron chi connectivity index (χ4n) is 3.98. The summed E-state index contributed by atoms with van der Waals surface area (Å²) in [5.74, 6) is -0.576. The number of piperazine rings is 1. The van der Waals surface area contributed by atoms with Crippen LogP contribution in [0.15, 0.2) is 24.3 Å². The van der Waals surface area contributed by atoms with Gasteiger partial charge in [-0.15, -0.1) is 0 Å². The molecule has 2 aliphatic rings. The second-order valence-electron chi connectivity index (χ2n) is 7.87. The van der Waals surface area contributed by atoms with E-state index >= 15 is 0 Å². The van der Waals surface area contributed by atoms with Crippen molar-refractivity contribution in [3.05, 3.63) is 29.8 Å². The number of hydrogen-bond acceptors (Lipinski definition) is 5. The molecule has 0 aliphatic carbocycles. The molecular weight excluding hydrogens is 396 g/mol. The van der Waals surface area contributed by atoms with Gasteiger partial charge < -0.3 is 9.64 Å². The number of nitrogens with zero attached hydrogens (tertiary/aromatic N) is 3. The summed E-state index contributed by atoms with van der Waals surface area (Å²) in [6.07, 6.45) is 0.506. The lowest BCUT2D eigenvalue weighted by atomic mass is 10.0. The van der Waals surface area contributed by atoms with Gasteiger partial charge in [0.25, 0.3) is 5.91 Å². The molecule has 0 bridgehead atoms. The van der Waals surface area contributed by atoms with Gasteiger partial charge in [-0.1, -0.05) is 20.3 Å². The summed E-state index contributed by atoms with van der Waals surface area (Å²) >= 11 is 0. The zero-order chi connectivity index (χ0) is 22.0. The van der Waals surface area contributed by atoms with Crippen LogP contribution in [-0.2, 0) is 9.59 Å². The molecule has 0 saturated carbocycles. The van der Waals surface area contributed by atoms with Crippen molar-refractivity contribution in [2.75, 3.05) is 19.6 Å². The van der Waals surface area contributed by atoms with Crippen molar-refractivity contribution in [3.8, 4) is 5.75 Å². The number of benzene rings is 1. The van der Waals surface area contributed by atoms with Crippen molar-refractivity contribution < 1.29 is 27.9 Å². The second kappa shape index (κ2) is 9.07. The van der Waals surface area contributed by atoms with Crippen LogP contribution in [-0.4, -0.2) is 70.9 Å². The summed E-state index contributed by atoms with van der Waals surface area (Å²) in [6, 6.07) is 4.83. The van der Waals surface area contributed by atoms with E-state index in [1.165, 1.54) is 29.2 Å². The summed E-state index contributed by atoms with van der Waals surface area (Å²) in [7, 11) is 0. The minimum Gasteiger partial charge on any atom is -0.435 e. The SMILES string of the molecule is CCC(C)CN1CC2N(C(=O)c3ccc(OC(F)F)cc3)C(=O)CCN2C(C)C1=O. The zero-order valence-corrected chi connectivity index (χ0v) is 17.4. The lowest BCUT2D eigenvalue weighted by Gasteiger charge is -2.51. The standard InChI is InChI=1S/C21H27F2N3O4/c1-4-13(2)11-24-12-17-25(14(3)19(24)28)10-9-18(27)26(17)20(29)15-5-7-16(8-6-15)30-21(22)23/h5-8,13-14,17,21H,4,9-12H2,1-3H3. The maximum Gasteiger partial charge on any atom is 0.387 e. The molecule has 7 nitrogen and oxygen atoms in total. The molecule has 0 aromatic heterocycles. The molecule has 0 N–H and O–H groups in total. The molecule has 1 aromatic rings. The lowest BCUT2D eigenvalue weighted by Crippen LogP contribution is -2.70. The number of halogens is 2. The van der Waals surface area contributed by atoms with Gasteiger partial charge in [-0.2, -0.15) is 8.78 Å². The molecule has 0 spiro atoms. The Balaban J connectivity index is 1.84. The van der Waals surface area contributed by atoms with Gasteiger partial charge in [0.2, 0.25) is 11.8 Å². The van der Waals surface area contributed by atoms with Gasteiger partial charge in [0, 0.05) is 25.1 Å². The molecule has 3 unspecified atom stereocenters. The van der Waals surface area contributed by atoms with Crippen LogP contribution in [0.5, 0.6) is 5.75 Å². The molecule has 0 radical (unpaired) electrons. The molecular formula is C21H27F2N3O4. The van der Waals surface area contributed by atoms with Crippen LogP contribution < -0.4 is 4.74 Å². The Morgan fingerprint density at radius 3 is 2.50 bits per heavy atom. The van der Waals surface area contributed by atoms with Gasteiger partial charge in [-0.25, -0.2) is 0 Å². The van der Waals surface area contributed by atoms with E-state index in [-0.39, 0.29) is 36.1 Å². The monoisotopic (exact) mass is 423 g/mol. The quantitative estimate of drug-likeness (QED) is 0.658. The fourth-order valence-corrected chi connectivity index (χ4v) is 3.98. The number of rotatable bonds is 6. The minimum atomic E-state index is -2.96. The van der Waals surface area contributed by atoms with Gasteiger partial charge in [-0.05, 0) is 37.1 Å². The van der Waals surface area contributed by atoms with Crippen molar-refractivity contribution in [1.29, 1.82) is 0 Å². The van der Waals surface area contributed by atoms with Gasteiger partial charge in [0.05, 0.1) is 12.6 Å². The molecule has 164 valence electrons. The smallest absolute Gasteiger partial charge is 0.387 e. The highest BCUT2D eigenvalue weighted by molar-refractivity contribution is 6.05. The Morgan fingerprint density at radius 2 is 1.90 bits per heavy atom. The molecule has 2 heterocycles. The predicted molar refractivity (Wildman–Crippen MR) is 105 cm³/mol. The Bertz CT molecular complexity index is 802. The first-order valence-electron chi connectivity index (χ1n) is 10.2. The molecule has 2 saturated heterocycles. The van der Waals surface area contributed by atoms with Crippen LogP contribution in [0.1, 0.15) is 44.0 Å². The topological polar surface area (TPSA) is 70.2 Å². The number of alkyl halides is 2. The van der Waals surface area contributed by atoms with Crippen molar-refractivity contribution in [2.45, 2.75) is 52.4 Å². The van der Waals surface area contributed by atoms with E-state index in [1.54, 1.807) is 11.8 Å². The first-order valence-corrected chi connectivity index (χ1v) is 10.2. The molecule has 1 aromatic carbocycles. The number of fused-ring (bicyclic) bond motifs is 1. The maximum atomic E-state index is 13.2. The van der Waals surface area contributed by atoms with Crippen LogP contribution in [0.3, 0.4) is 0 Å². The van der Waals surface area contributed by atoms with Crippen LogP contribution in [0.25, 0.3) is 0 Å². The average Bonchev–Trinajstić information content (AvgIpc) is 2.71. The summed E-state index contributed by atoms with van der Waals surface area (Å²) < 4.78 is 29.0. The van der Waals surface area contributed by atoms with E-state index in [4.69, 9.17) is 0 Å². The average molecular weight is 423 g/mol. The van der Waals surface area contributed by atoms with E-state index in [1.807, 2.05) is 4.90 Å². The predicted octanol–water partition coefficient (Wildman–Crippen LogP) is 2.57. The number of imide groups is 1. The van der Waals surface area contributed by atoms with Crippen molar-refractivity contribution >= 4 is 17.7 Å². The molecule has 30 heavy (non-hydrogen) atoms. The molecule has 2 aliphatic heterocycles. The van der Waals surface area contributed by atoms with Gasteiger partial charge in [0.15, 0.2) is 0 Å². The largest absolute Gasteiger partial charge is 0.435 e. The highest BCUT2D eigenvalue weighted by Gasteiger charge is 2.47. The molecule has 2 fully saturated rings. The van der Waals surface area contributed by atoms with Crippen molar-refractivity contribution in [2.24, 2.45) is 5.92 Å². The van der Waals surface area contributed by atoms with E-state index in [0.29, 0.717) is 19.0 Å². The third kappa shape index (κ3) is 4.45. The minimum absolute atomic E-state index is 0.00167. The first-order chi connectivity index (χ1) is 14.2. The first kappa shape index (κ1) is 22.1. The second-order valence-corrected chi connectivity index (χ2v) is 7.87. The third-order valence-corrected chi connectivity index (χ3v) is 5.86. The summed E-state index contributed by atoms with van der Waals surface area (Å²) in [5, 5.41) is 0. The molecule has 9 heteroatoms. The number of carbonyl (C=O) groups is 3. The highest BCUT2D eigenvalue weighted by Crippen LogP contribution is 2.28. The van der Waals surface area contributed by atoms with Crippen molar-refractivity contribution in [3.63, 3.8) is 0 Å². The summed E-state index contributed by atoms with van der Waals surface area (Å²) in [5.41, 5.74) is 0.199. The lowest BCUT2D eigenvalue weighted by molar-refractivity contribution is -0.161. The Kier molecular flexibility index (Phi) is 6.70. The van der Waals surface area contributed by atoms with Crippen molar-refractivity contribution in [1.82, 2.24) is 14.7 Å². The van der Waals surface area contributed by atoms with E-state index < -0.39 is 24.7 Å². The molecule has 3 atom stereocenters. The van der Waals surface area contributed by atoms with E-state index in [9.17, 15) is 23.2 Å². The molecule has 3 amide bonds. The number of hydrogen-bond donors (Lipinski definition) is 0. The zero-order valence-electron chi connectivity index (χ0n) is 17.4. The Morgan fingerprint density at radius 1 is 1.23 bits per heavy atom. The van der Waals surface area contributed by atoms with Gasteiger partial charge >= 0.3 is 6.61 Å². The summed E-state index contributed by atoms with van der Waals surface area (Å²) in [4.78, 5) is 43.5. The number of amides is 3. The molecule has 3 rings (SSSR count). The van der Waals surface area contributed by atoms with Crippen LogP contribution in [0.4, 0.5) is 8.78 Å². The van der Waals surface area contributed by atoms with Crippen LogP contribution in [0.2, 0.25) is 0 Å². The Labute approximate surface area is 174 Å². The van der Waals surface area contributed by atoms with E-state index in [0.717, 1.165) is 6.42 Å². The van der Waals surface area contributed by atoms with E-state index in [2.05, 4.69) is 18.6 Å². The Hall–Kier alpha value is -2.55. The maximum absolute atomic E-state index is 13.2. The highest BCUT2D eigenvalue weighted by atomic mass is 19.3. The van der Waals surface area contributed by atoms with Gasteiger partial charge in [0.1, 0.15) is 11.9 Å². The van der Waals surface area contributed by atoms with Gasteiger partial charge in [-0.3, -0.25) is 24.2 Å². The normalized spacial score (nSPS) is 23.5. The van der Waals surface area contributed by atoms with Crippen LogP contribution >= 0.6 is 0 Å². The van der Waals surface area contributed by atoms with Crippen LogP contribution in [0, 0.1) is 5.92 Å². The fraction of sp³-hybridized carbons (Fsp3) is 0.571. The number of ether oxygens (including phenoxy) is 1. The summed E-state index contributed by atoms with van der Waals surface area (Å²) in [6.45, 7) is 4.20.